The molecule has 0 radical (unpaired) electrons. The number of carbonyl (C=O) groups excluding carboxylic acids is 1. The number of carbonyl (C=O) groups is 1. The summed E-state index contributed by atoms with van der Waals surface area (Å²) < 4.78 is 5.69. The predicted molar refractivity (Wildman–Crippen MR) is 108 cm³/mol. The molecule has 0 saturated heterocycles. The summed E-state index contributed by atoms with van der Waals surface area (Å²) in [6.45, 7) is 11.8. The zero-order chi connectivity index (χ0) is 19.2. The lowest BCUT2D eigenvalue weighted by Crippen LogP contribution is -2.28. The summed E-state index contributed by atoms with van der Waals surface area (Å²) >= 11 is 0. The largest absolute Gasteiger partial charge is 0.492 e. The van der Waals surface area contributed by atoms with E-state index in [2.05, 4.69) is 64.2 Å². The summed E-state index contributed by atoms with van der Waals surface area (Å²) in [5.74, 6) is 0.912. The molecule has 1 N–H and O–H groups in total. The normalized spacial score (nSPS) is 11.3. The van der Waals surface area contributed by atoms with Gasteiger partial charge in [0.15, 0.2) is 0 Å². The van der Waals surface area contributed by atoms with Gasteiger partial charge in [-0.2, -0.15) is 0 Å². The molecule has 0 heterocycles. The maximum absolute atomic E-state index is 12.0. The van der Waals surface area contributed by atoms with Gasteiger partial charge in [0.25, 0.3) is 0 Å². The SMILES string of the molecule is Cc1ccc(OCCNC(=O)CCc2ccc(C(C)(C)C)cc2)cc1C. The molecule has 26 heavy (non-hydrogen) atoms. The van der Waals surface area contributed by atoms with Gasteiger partial charge in [-0.3, -0.25) is 4.79 Å². The van der Waals surface area contributed by atoms with Crippen LogP contribution in [0, 0.1) is 13.8 Å². The van der Waals surface area contributed by atoms with Crippen molar-refractivity contribution in [2.75, 3.05) is 13.2 Å². The van der Waals surface area contributed by atoms with E-state index in [-0.39, 0.29) is 11.3 Å². The summed E-state index contributed by atoms with van der Waals surface area (Å²) in [5.41, 5.74) is 5.13. The molecular formula is C23H31NO2. The van der Waals surface area contributed by atoms with E-state index in [1.54, 1.807) is 0 Å². The predicted octanol–water partition coefficient (Wildman–Crippen LogP) is 4.73. The van der Waals surface area contributed by atoms with Crippen LogP contribution in [0.2, 0.25) is 0 Å². The van der Waals surface area contributed by atoms with E-state index in [4.69, 9.17) is 4.74 Å². The third-order valence-electron chi connectivity index (χ3n) is 4.63. The smallest absolute Gasteiger partial charge is 0.220 e. The molecule has 0 bridgehead atoms. The quantitative estimate of drug-likeness (QED) is 0.731. The number of aryl methyl sites for hydroxylation is 3. The molecule has 2 aromatic carbocycles. The van der Waals surface area contributed by atoms with Crippen molar-refractivity contribution in [3.8, 4) is 5.75 Å². The molecule has 0 spiro atoms. The monoisotopic (exact) mass is 353 g/mol. The summed E-state index contributed by atoms with van der Waals surface area (Å²) in [6.07, 6.45) is 1.26. The zero-order valence-electron chi connectivity index (χ0n) is 16.7. The first-order valence-corrected chi connectivity index (χ1v) is 9.32. The maximum Gasteiger partial charge on any atom is 0.220 e. The molecule has 0 atom stereocenters. The van der Waals surface area contributed by atoms with Crippen LogP contribution in [0.1, 0.15) is 49.4 Å². The molecule has 3 nitrogen and oxygen atoms in total. The van der Waals surface area contributed by atoms with Crippen LogP contribution in [-0.2, 0) is 16.6 Å². The van der Waals surface area contributed by atoms with Gasteiger partial charge in [0.2, 0.25) is 5.91 Å². The van der Waals surface area contributed by atoms with E-state index >= 15 is 0 Å². The Kier molecular flexibility index (Phi) is 6.84. The van der Waals surface area contributed by atoms with Gasteiger partial charge in [-0.15, -0.1) is 0 Å². The molecule has 0 aromatic heterocycles. The number of hydrogen-bond acceptors (Lipinski definition) is 2. The molecule has 0 aliphatic carbocycles. The van der Waals surface area contributed by atoms with E-state index in [1.807, 2.05) is 18.2 Å². The van der Waals surface area contributed by atoms with Crippen molar-refractivity contribution < 1.29 is 9.53 Å². The number of ether oxygens (including phenoxy) is 1. The summed E-state index contributed by atoms with van der Waals surface area (Å²) in [5, 5.41) is 2.92. The van der Waals surface area contributed by atoms with Crippen molar-refractivity contribution in [1.82, 2.24) is 5.32 Å². The van der Waals surface area contributed by atoms with Crippen LogP contribution in [0.15, 0.2) is 42.5 Å². The zero-order valence-corrected chi connectivity index (χ0v) is 16.7. The van der Waals surface area contributed by atoms with Crippen LogP contribution in [0.25, 0.3) is 0 Å². The van der Waals surface area contributed by atoms with Gasteiger partial charge in [0.05, 0.1) is 6.54 Å². The first kappa shape index (κ1) is 20.0. The number of hydrogen-bond donors (Lipinski definition) is 1. The number of nitrogens with one attached hydrogen (secondary N) is 1. The van der Waals surface area contributed by atoms with Gasteiger partial charge in [0, 0.05) is 6.42 Å². The van der Waals surface area contributed by atoms with Crippen molar-refractivity contribution >= 4 is 5.91 Å². The molecule has 2 rings (SSSR count). The van der Waals surface area contributed by atoms with Gasteiger partial charge in [-0.1, -0.05) is 51.1 Å². The average Bonchev–Trinajstić information content (AvgIpc) is 2.59. The van der Waals surface area contributed by atoms with Crippen molar-refractivity contribution in [2.45, 2.75) is 52.9 Å². The van der Waals surface area contributed by atoms with E-state index in [0.717, 1.165) is 12.2 Å². The molecule has 0 fully saturated rings. The van der Waals surface area contributed by atoms with E-state index in [0.29, 0.717) is 19.6 Å². The Labute approximate surface area is 157 Å². The minimum atomic E-state index is 0.0635. The van der Waals surface area contributed by atoms with Crippen molar-refractivity contribution in [3.05, 3.63) is 64.7 Å². The molecule has 0 aliphatic heterocycles. The first-order chi connectivity index (χ1) is 12.3. The lowest BCUT2D eigenvalue weighted by molar-refractivity contribution is -0.121. The Morgan fingerprint density at radius 1 is 1.00 bits per heavy atom. The minimum Gasteiger partial charge on any atom is -0.492 e. The summed E-state index contributed by atoms with van der Waals surface area (Å²) in [4.78, 5) is 12.0. The lowest BCUT2D eigenvalue weighted by atomic mass is 9.86. The third-order valence-corrected chi connectivity index (χ3v) is 4.63. The van der Waals surface area contributed by atoms with E-state index in [1.165, 1.54) is 22.3 Å². The van der Waals surface area contributed by atoms with Crippen molar-refractivity contribution in [2.24, 2.45) is 0 Å². The highest BCUT2D eigenvalue weighted by Gasteiger charge is 2.12. The van der Waals surface area contributed by atoms with Gasteiger partial charge in [0.1, 0.15) is 12.4 Å². The Morgan fingerprint density at radius 3 is 2.31 bits per heavy atom. The highest BCUT2D eigenvalue weighted by molar-refractivity contribution is 5.76. The lowest BCUT2D eigenvalue weighted by Gasteiger charge is -2.19. The standard InChI is InChI=1S/C23H31NO2/c1-17-6-12-21(16-18(17)2)26-15-14-24-22(25)13-9-19-7-10-20(11-8-19)23(3,4)5/h6-8,10-12,16H,9,13-15H2,1-5H3,(H,24,25). The van der Waals surface area contributed by atoms with Gasteiger partial charge in [-0.25, -0.2) is 0 Å². The number of amides is 1. The molecule has 2 aromatic rings. The first-order valence-electron chi connectivity index (χ1n) is 9.32. The van der Waals surface area contributed by atoms with Crippen molar-refractivity contribution in [1.29, 1.82) is 0 Å². The van der Waals surface area contributed by atoms with Crippen LogP contribution in [-0.4, -0.2) is 19.1 Å². The Morgan fingerprint density at radius 2 is 1.69 bits per heavy atom. The Balaban J connectivity index is 1.68. The Bertz CT molecular complexity index is 727. The minimum absolute atomic E-state index is 0.0635. The van der Waals surface area contributed by atoms with Crippen LogP contribution in [0.4, 0.5) is 0 Å². The number of benzene rings is 2. The molecule has 0 saturated carbocycles. The van der Waals surface area contributed by atoms with Crippen molar-refractivity contribution in [3.63, 3.8) is 0 Å². The Hall–Kier alpha value is -2.29. The van der Waals surface area contributed by atoms with Gasteiger partial charge in [-0.05, 0) is 60.1 Å². The van der Waals surface area contributed by atoms with Crippen LogP contribution in [0.5, 0.6) is 5.75 Å². The topological polar surface area (TPSA) is 38.3 Å². The average molecular weight is 354 g/mol. The fourth-order valence-corrected chi connectivity index (χ4v) is 2.68. The highest BCUT2D eigenvalue weighted by atomic mass is 16.5. The van der Waals surface area contributed by atoms with Crippen LogP contribution >= 0.6 is 0 Å². The fourth-order valence-electron chi connectivity index (χ4n) is 2.68. The molecule has 140 valence electrons. The van der Waals surface area contributed by atoms with Crippen LogP contribution in [0.3, 0.4) is 0 Å². The maximum atomic E-state index is 12.0. The van der Waals surface area contributed by atoms with Gasteiger partial charge >= 0.3 is 0 Å². The van der Waals surface area contributed by atoms with E-state index in [9.17, 15) is 4.79 Å². The molecule has 3 heteroatoms. The second-order valence-corrected chi connectivity index (χ2v) is 7.89. The fraction of sp³-hybridized carbons (Fsp3) is 0.435. The van der Waals surface area contributed by atoms with E-state index < -0.39 is 0 Å². The van der Waals surface area contributed by atoms with Crippen LogP contribution < -0.4 is 10.1 Å². The molecule has 0 aliphatic rings. The molecule has 1 amide bonds. The third kappa shape index (κ3) is 6.21. The summed E-state index contributed by atoms with van der Waals surface area (Å²) in [7, 11) is 0. The highest BCUT2D eigenvalue weighted by Crippen LogP contribution is 2.22. The molecular weight excluding hydrogens is 322 g/mol. The van der Waals surface area contributed by atoms with Gasteiger partial charge < -0.3 is 10.1 Å². The second-order valence-electron chi connectivity index (χ2n) is 7.89. The number of rotatable bonds is 7. The summed E-state index contributed by atoms with van der Waals surface area (Å²) in [6, 6.07) is 14.6. The second kappa shape index (κ2) is 8.88. The molecule has 0 unspecified atom stereocenters.